The Morgan fingerprint density at radius 3 is 2.62 bits per heavy atom. The number of hydrogen-bond acceptors (Lipinski definition) is 7. The number of thioether (sulfide) groups is 1. The number of benzene rings is 2. The van der Waals surface area contributed by atoms with Crippen LogP contribution >= 0.6 is 23.1 Å². The van der Waals surface area contributed by atoms with Crippen LogP contribution in [0.3, 0.4) is 0 Å². The Labute approximate surface area is 176 Å². The van der Waals surface area contributed by atoms with Crippen molar-refractivity contribution in [2.75, 3.05) is 23.0 Å². The van der Waals surface area contributed by atoms with Crippen molar-refractivity contribution in [1.82, 2.24) is 10.2 Å². The van der Waals surface area contributed by atoms with Gasteiger partial charge < -0.3 is 10.1 Å². The minimum Gasteiger partial charge on any atom is -0.494 e. The molecule has 29 heavy (non-hydrogen) atoms. The molecule has 150 valence electrons. The van der Waals surface area contributed by atoms with Gasteiger partial charge in [-0.25, -0.2) is 0 Å². The number of rotatable bonds is 8. The van der Waals surface area contributed by atoms with Crippen LogP contribution in [0.5, 0.6) is 5.75 Å². The molecule has 0 atom stereocenters. The fourth-order valence-electron chi connectivity index (χ4n) is 2.40. The standard InChI is InChI=1S/C20H20N4O3S2/c1-3-27-16-9-7-15(8-10-16)21-17(25)12-28-20-24-23-19(29-20)22-18(26)14-6-4-5-13(2)11-14/h4-11H,3,12H2,1-2H3,(H,21,25)(H,22,23,26). The topological polar surface area (TPSA) is 93.2 Å². The highest BCUT2D eigenvalue weighted by molar-refractivity contribution is 8.01. The lowest BCUT2D eigenvalue weighted by molar-refractivity contribution is -0.113. The zero-order valence-electron chi connectivity index (χ0n) is 16.0. The highest BCUT2D eigenvalue weighted by Crippen LogP contribution is 2.26. The molecule has 0 fully saturated rings. The van der Waals surface area contributed by atoms with E-state index in [9.17, 15) is 9.59 Å². The van der Waals surface area contributed by atoms with Crippen LogP contribution in [0.25, 0.3) is 0 Å². The lowest BCUT2D eigenvalue weighted by Gasteiger charge is -2.06. The average molecular weight is 429 g/mol. The van der Waals surface area contributed by atoms with Gasteiger partial charge in [0.1, 0.15) is 5.75 Å². The molecule has 0 aliphatic rings. The lowest BCUT2D eigenvalue weighted by Crippen LogP contribution is -2.13. The number of aromatic nitrogens is 2. The van der Waals surface area contributed by atoms with Crippen molar-refractivity contribution < 1.29 is 14.3 Å². The molecular formula is C20H20N4O3S2. The van der Waals surface area contributed by atoms with E-state index in [4.69, 9.17) is 4.74 Å². The maximum absolute atomic E-state index is 12.3. The molecule has 1 heterocycles. The second kappa shape index (κ2) is 10.0. The smallest absolute Gasteiger partial charge is 0.257 e. The number of ether oxygens (including phenoxy) is 1. The molecule has 0 aliphatic heterocycles. The van der Waals surface area contributed by atoms with Gasteiger partial charge in [-0.15, -0.1) is 10.2 Å². The number of hydrogen-bond donors (Lipinski definition) is 2. The predicted molar refractivity (Wildman–Crippen MR) is 116 cm³/mol. The Morgan fingerprint density at radius 2 is 1.90 bits per heavy atom. The SMILES string of the molecule is CCOc1ccc(NC(=O)CSc2nnc(NC(=O)c3cccc(C)c3)s2)cc1. The fourth-order valence-corrected chi connectivity index (χ4v) is 3.95. The molecule has 7 nitrogen and oxygen atoms in total. The zero-order chi connectivity index (χ0) is 20.6. The molecule has 2 N–H and O–H groups in total. The molecule has 2 amide bonds. The predicted octanol–water partition coefficient (Wildman–Crippen LogP) is 4.23. The molecule has 3 rings (SSSR count). The summed E-state index contributed by atoms with van der Waals surface area (Å²) < 4.78 is 5.98. The molecule has 0 bridgehead atoms. The number of carbonyl (C=O) groups excluding carboxylic acids is 2. The van der Waals surface area contributed by atoms with Crippen LogP contribution in [0, 0.1) is 6.92 Å². The van der Waals surface area contributed by atoms with Crippen molar-refractivity contribution >= 4 is 45.7 Å². The molecule has 0 saturated carbocycles. The lowest BCUT2D eigenvalue weighted by atomic mass is 10.1. The second-order valence-corrected chi connectivity index (χ2v) is 8.19. The molecule has 1 aromatic heterocycles. The van der Waals surface area contributed by atoms with Gasteiger partial charge in [0.2, 0.25) is 11.0 Å². The monoisotopic (exact) mass is 428 g/mol. The largest absolute Gasteiger partial charge is 0.494 e. The number of amides is 2. The Balaban J connectivity index is 1.48. The Morgan fingerprint density at radius 1 is 1.10 bits per heavy atom. The van der Waals surface area contributed by atoms with Crippen LogP contribution in [-0.2, 0) is 4.79 Å². The maximum Gasteiger partial charge on any atom is 0.257 e. The molecule has 9 heteroatoms. The van der Waals surface area contributed by atoms with Crippen molar-refractivity contribution in [2.45, 2.75) is 18.2 Å². The molecular weight excluding hydrogens is 408 g/mol. The normalized spacial score (nSPS) is 10.4. The Kier molecular flexibility index (Phi) is 7.20. The summed E-state index contributed by atoms with van der Waals surface area (Å²) in [6, 6.07) is 14.5. The van der Waals surface area contributed by atoms with E-state index in [0.717, 1.165) is 11.3 Å². The summed E-state index contributed by atoms with van der Waals surface area (Å²) in [4.78, 5) is 24.4. The summed E-state index contributed by atoms with van der Waals surface area (Å²) in [7, 11) is 0. The summed E-state index contributed by atoms with van der Waals surface area (Å²) in [5, 5.41) is 13.9. The highest BCUT2D eigenvalue weighted by Gasteiger charge is 2.12. The minimum absolute atomic E-state index is 0.153. The van der Waals surface area contributed by atoms with Gasteiger partial charge in [-0.05, 0) is 50.2 Å². The van der Waals surface area contributed by atoms with E-state index in [1.165, 1.54) is 23.1 Å². The molecule has 0 aliphatic carbocycles. The second-order valence-electron chi connectivity index (χ2n) is 5.99. The van der Waals surface area contributed by atoms with Crippen molar-refractivity contribution in [3.05, 3.63) is 59.7 Å². The first-order valence-electron chi connectivity index (χ1n) is 8.90. The van der Waals surface area contributed by atoms with Gasteiger partial charge in [-0.2, -0.15) is 0 Å². The first-order valence-corrected chi connectivity index (χ1v) is 10.7. The third-order valence-electron chi connectivity index (χ3n) is 3.68. The van der Waals surface area contributed by atoms with Crippen molar-refractivity contribution in [3.8, 4) is 5.75 Å². The number of carbonyl (C=O) groups is 2. The van der Waals surface area contributed by atoms with Gasteiger partial charge >= 0.3 is 0 Å². The van der Waals surface area contributed by atoms with Gasteiger partial charge in [-0.1, -0.05) is 40.8 Å². The van der Waals surface area contributed by atoms with E-state index in [-0.39, 0.29) is 17.6 Å². The van der Waals surface area contributed by atoms with Crippen LogP contribution < -0.4 is 15.4 Å². The van der Waals surface area contributed by atoms with E-state index in [1.54, 1.807) is 36.4 Å². The molecule has 2 aromatic carbocycles. The van der Waals surface area contributed by atoms with Crippen LogP contribution in [0.4, 0.5) is 10.8 Å². The van der Waals surface area contributed by atoms with Crippen LogP contribution in [0.15, 0.2) is 52.9 Å². The van der Waals surface area contributed by atoms with Crippen molar-refractivity contribution in [2.24, 2.45) is 0 Å². The summed E-state index contributed by atoms with van der Waals surface area (Å²) in [6.07, 6.45) is 0. The van der Waals surface area contributed by atoms with Gasteiger partial charge in [0.05, 0.1) is 12.4 Å². The number of anilines is 2. The van der Waals surface area contributed by atoms with E-state index in [1.807, 2.05) is 26.0 Å². The quantitative estimate of drug-likeness (QED) is 0.412. The zero-order valence-corrected chi connectivity index (χ0v) is 17.6. The molecule has 0 spiro atoms. The van der Waals surface area contributed by atoms with Gasteiger partial charge in [0.25, 0.3) is 5.91 Å². The Hall–Kier alpha value is -2.91. The van der Waals surface area contributed by atoms with E-state index < -0.39 is 0 Å². The van der Waals surface area contributed by atoms with Crippen molar-refractivity contribution in [1.29, 1.82) is 0 Å². The molecule has 0 radical (unpaired) electrons. The van der Waals surface area contributed by atoms with E-state index in [0.29, 0.717) is 27.3 Å². The molecule has 0 saturated heterocycles. The van der Waals surface area contributed by atoms with E-state index >= 15 is 0 Å². The number of nitrogens with zero attached hydrogens (tertiary/aromatic N) is 2. The van der Waals surface area contributed by atoms with Gasteiger partial charge in [-0.3, -0.25) is 14.9 Å². The fraction of sp³-hybridized carbons (Fsp3) is 0.200. The third-order valence-corrected chi connectivity index (χ3v) is 5.66. The first-order chi connectivity index (χ1) is 14.0. The summed E-state index contributed by atoms with van der Waals surface area (Å²) in [6.45, 7) is 4.44. The van der Waals surface area contributed by atoms with Crippen LogP contribution in [-0.4, -0.2) is 34.4 Å². The highest BCUT2D eigenvalue weighted by atomic mass is 32.2. The Bertz CT molecular complexity index is 989. The summed E-state index contributed by atoms with van der Waals surface area (Å²) in [5.41, 5.74) is 2.26. The maximum atomic E-state index is 12.3. The minimum atomic E-state index is -0.241. The summed E-state index contributed by atoms with van der Waals surface area (Å²) >= 11 is 2.49. The first kappa shape index (κ1) is 20.8. The van der Waals surface area contributed by atoms with Crippen molar-refractivity contribution in [3.63, 3.8) is 0 Å². The summed E-state index contributed by atoms with van der Waals surface area (Å²) in [5.74, 6) is 0.552. The molecule has 0 unspecified atom stereocenters. The molecule has 3 aromatic rings. The third kappa shape index (κ3) is 6.30. The van der Waals surface area contributed by atoms with Crippen LogP contribution in [0.1, 0.15) is 22.8 Å². The van der Waals surface area contributed by atoms with E-state index in [2.05, 4.69) is 20.8 Å². The average Bonchev–Trinajstić information content (AvgIpc) is 3.15. The number of aryl methyl sites for hydroxylation is 1. The van der Waals surface area contributed by atoms with Crippen LogP contribution in [0.2, 0.25) is 0 Å². The van der Waals surface area contributed by atoms with Gasteiger partial charge in [0.15, 0.2) is 4.34 Å². The number of nitrogens with one attached hydrogen (secondary N) is 2. The van der Waals surface area contributed by atoms with Gasteiger partial charge in [0, 0.05) is 11.3 Å².